The molecule has 2 aromatic rings. The minimum absolute atomic E-state index is 0.0811. The summed E-state index contributed by atoms with van der Waals surface area (Å²) < 4.78 is 1.31. The predicted octanol–water partition coefficient (Wildman–Crippen LogP) is 0.986. The van der Waals surface area contributed by atoms with Crippen LogP contribution in [0.4, 0.5) is 0 Å². The minimum atomic E-state index is -0.920. The number of nitrogens with zero attached hydrogens (tertiary/aromatic N) is 2. The highest BCUT2D eigenvalue weighted by atomic mass is 16.4. The van der Waals surface area contributed by atoms with E-state index in [1.54, 1.807) is 18.3 Å². The molecule has 0 aromatic carbocycles. The van der Waals surface area contributed by atoms with Crippen LogP contribution in [0.5, 0.6) is 0 Å². The summed E-state index contributed by atoms with van der Waals surface area (Å²) in [5.74, 6) is -2.09. The van der Waals surface area contributed by atoms with Gasteiger partial charge in [-0.15, -0.1) is 0 Å². The molecule has 0 saturated heterocycles. The Bertz CT molecular complexity index is 843. The number of hydrogen-bond donors (Lipinski definition) is 2. The smallest absolute Gasteiger partial charge is 0.308 e. The lowest BCUT2D eigenvalue weighted by molar-refractivity contribution is -0.142. The molecule has 3 rings (SSSR count). The summed E-state index contributed by atoms with van der Waals surface area (Å²) in [6.07, 6.45) is 4.71. The number of fused-ring (bicyclic) bond motifs is 1. The fourth-order valence-electron chi connectivity index (χ4n) is 3.01. The molecule has 0 spiro atoms. The van der Waals surface area contributed by atoms with E-state index in [1.165, 1.54) is 10.6 Å². The van der Waals surface area contributed by atoms with Crippen LogP contribution >= 0.6 is 0 Å². The van der Waals surface area contributed by atoms with Crippen molar-refractivity contribution < 1.29 is 14.7 Å². The van der Waals surface area contributed by atoms with Gasteiger partial charge in [0.1, 0.15) is 11.2 Å². The van der Waals surface area contributed by atoms with Crippen molar-refractivity contribution in [1.29, 1.82) is 0 Å². The first-order valence-electron chi connectivity index (χ1n) is 7.49. The normalized spacial score (nSPS) is 20.6. The van der Waals surface area contributed by atoms with Crippen molar-refractivity contribution in [2.45, 2.75) is 32.2 Å². The van der Waals surface area contributed by atoms with Gasteiger partial charge in [-0.3, -0.25) is 18.8 Å². The maximum atomic E-state index is 12.4. The summed E-state index contributed by atoms with van der Waals surface area (Å²) in [7, 11) is 0. The molecule has 2 atom stereocenters. The number of rotatable bonds is 3. The Morgan fingerprint density at radius 3 is 2.91 bits per heavy atom. The van der Waals surface area contributed by atoms with Gasteiger partial charge in [0.2, 0.25) is 0 Å². The van der Waals surface area contributed by atoms with Gasteiger partial charge in [-0.2, -0.15) is 0 Å². The van der Waals surface area contributed by atoms with Gasteiger partial charge in [0.05, 0.1) is 5.92 Å². The first-order valence-corrected chi connectivity index (χ1v) is 7.49. The number of nitrogens with one attached hydrogen (secondary N) is 1. The van der Waals surface area contributed by atoms with Crippen molar-refractivity contribution in [2.75, 3.05) is 0 Å². The Balaban J connectivity index is 1.89. The molecule has 1 fully saturated rings. The number of aromatic nitrogens is 2. The Morgan fingerprint density at radius 1 is 1.39 bits per heavy atom. The van der Waals surface area contributed by atoms with Crippen molar-refractivity contribution in [1.82, 2.24) is 14.7 Å². The van der Waals surface area contributed by atoms with Crippen molar-refractivity contribution in [3.05, 3.63) is 46.0 Å². The summed E-state index contributed by atoms with van der Waals surface area (Å²) in [5.41, 5.74) is 0.889. The second-order valence-corrected chi connectivity index (χ2v) is 5.86. The van der Waals surface area contributed by atoms with Crippen molar-refractivity contribution in [2.24, 2.45) is 5.92 Å². The lowest BCUT2D eigenvalue weighted by Crippen LogP contribution is -2.42. The van der Waals surface area contributed by atoms with E-state index in [2.05, 4.69) is 10.3 Å². The first kappa shape index (κ1) is 15.2. The fourth-order valence-corrected chi connectivity index (χ4v) is 3.01. The second-order valence-electron chi connectivity index (χ2n) is 5.86. The zero-order valence-electron chi connectivity index (χ0n) is 12.7. The molecule has 1 saturated carbocycles. The van der Waals surface area contributed by atoms with Gasteiger partial charge in [-0.05, 0) is 37.5 Å². The molecule has 2 N–H and O–H groups in total. The third-order valence-electron chi connectivity index (χ3n) is 4.26. The topological polar surface area (TPSA) is 101 Å². The Kier molecular flexibility index (Phi) is 3.85. The number of carbonyl (C=O) groups is 2. The van der Waals surface area contributed by atoms with Gasteiger partial charge < -0.3 is 10.4 Å². The van der Waals surface area contributed by atoms with Crippen LogP contribution in [-0.2, 0) is 4.79 Å². The summed E-state index contributed by atoms with van der Waals surface area (Å²) in [4.78, 5) is 40.1. The van der Waals surface area contributed by atoms with E-state index in [0.717, 1.165) is 12.0 Å². The molecule has 0 radical (unpaired) electrons. The van der Waals surface area contributed by atoms with E-state index < -0.39 is 29.4 Å². The highest BCUT2D eigenvalue weighted by Gasteiger charge is 2.34. The van der Waals surface area contributed by atoms with E-state index in [1.807, 2.05) is 6.92 Å². The zero-order chi connectivity index (χ0) is 16.6. The van der Waals surface area contributed by atoms with Gasteiger partial charge in [0, 0.05) is 18.4 Å². The maximum absolute atomic E-state index is 12.4. The van der Waals surface area contributed by atoms with Crippen LogP contribution in [0.1, 0.15) is 35.2 Å². The number of hydrogen-bond acceptors (Lipinski definition) is 4. The van der Waals surface area contributed by atoms with Crippen LogP contribution in [0.2, 0.25) is 0 Å². The summed E-state index contributed by atoms with van der Waals surface area (Å²) >= 11 is 0. The van der Waals surface area contributed by atoms with Crippen LogP contribution in [-0.4, -0.2) is 32.4 Å². The molecule has 7 heteroatoms. The number of amides is 1. The van der Waals surface area contributed by atoms with Crippen LogP contribution in [0.25, 0.3) is 5.65 Å². The third-order valence-corrected chi connectivity index (χ3v) is 4.26. The number of carbonyl (C=O) groups excluding carboxylic acids is 1. The van der Waals surface area contributed by atoms with Crippen molar-refractivity contribution in [3.63, 3.8) is 0 Å². The first-order chi connectivity index (χ1) is 11.0. The summed E-state index contributed by atoms with van der Waals surface area (Å²) in [5, 5.41) is 11.8. The van der Waals surface area contributed by atoms with E-state index in [4.69, 9.17) is 5.11 Å². The molecule has 120 valence electrons. The molecular weight excluding hydrogens is 298 g/mol. The van der Waals surface area contributed by atoms with Gasteiger partial charge in [0.25, 0.3) is 11.5 Å². The molecule has 23 heavy (non-hydrogen) atoms. The molecule has 1 aliphatic carbocycles. The van der Waals surface area contributed by atoms with E-state index in [9.17, 15) is 14.4 Å². The molecule has 1 aliphatic rings. The molecule has 0 bridgehead atoms. The van der Waals surface area contributed by atoms with E-state index in [0.29, 0.717) is 18.5 Å². The van der Waals surface area contributed by atoms with E-state index >= 15 is 0 Å². The number of aryl methyl sites for hydroxylation is 1. The summed E-state index contributed by atoms with van der Waals surface area (Å²) in [6, 6.07) is 3.06. The molecule has 2 heterocycles. The molecule has 0 unspecified atom stereocenters. The average molecular weight is 315 g/mol. The number of aliphatic carboxylic acids is 1. The van der Waals surface area contributed by atoms with Crippen LogP contribution < -0.4 is 10.9 Å². The number of carboxylic acids is 1. The fraction of sp³-hybridized carbons (Fsp3) is 0.375. The maximum Gasteiger partial charge on any atom is 0.308 e. The van der Waals surface area contributed by atoms with Crippen molar-refractivity contribution >= 4 is 17.5 Å². The van der Waals surface area contributed by atoms with E-state index in [-0.39, 0.29) is 5.56 Å². The molecule has 0 aliphatic heterocycles. The third kappa shape index (κ3) is 2.81. The quantitative estimate of drug-likeness (QED) is 0.879. The molecule has 7 nitrogen and oxygen atoms in total. The van der Waals surface area contributed by atoms with Crippen LogP contribution in [0.3, 0.4) is 0 Å². The van der Waals surface area contributed by atoms with Crippen LogP contribution in [0.15, 0.2) is 29.3 Å². The SMILES string of the molecule is Cc1ccn2c(=O)c(C(=O)N[C@@H]3CCC[C@@H]3C(=O)O)cnc2c1. The molecule has 2 aromatic heterocycles. The van der Waals surface area contributed by atoms with Gasteiger partial charge in [-0.1, -0.05) is 6.42 Å². The van der Waals surface area contributed by atoms with Gasteiger partial charge in [0.15, 0.2) is 0 Å². The second kappa shape index (κ2) is 5.83. The molecule has 1 amide bonds. The Labute approximate surface area is 132 Å². The highest BCUT2D eigenvalue weighted by Crippen LogP contribution is 2.25. The Hall–Kier alpha value is -2.70. The number of pyridine rings is 1. The van der Waals surface area contributed by atoms with Gasteiger partial charge >= 0.3 is 5.97 Å². The predicted molar refractivity (Wildman–Crippen MR) is 82.4 cm³/mol. The Morgan fingerprint density at radius 2 is 2.17 bits per heavy atom. The average Bonchev–Trinajstić information content (AvgIpc) is 2.95. The van der Waals surface area contributed by atoms with Gasteiger partial charge in [-0.25, -0.2) is 4.98 Å². The highest BCUT2D eigenvalue weighted by molar-refractivity contribution is 5.94. The zero-order valence-corrected chi connectivity index (χ0v) is 12.7. The van der Waals surface area contributed by atoms with Crippen LogP contribution in [0, 0.1) is 12.8 Å². The molecular formula is C16H17N3O4. The standard InChI is InChI=1S/C16H17N3O4/c1-9-5-6-19-13(7-9)17-8-11(15(19)21)14(20)18-12-4-2-3-10(12)16(22)23/h5-8,10,12H,2-4H2,1H3,(H,18,20)(H,22,23)/t10-,12+/m0/s1. The van der Waals surface area contributed by atoms with Crippen molar-refractivity contribution in [3.8, 4) is 0 Å². The largest absolute Gasteiger partial charge is 0.481 e. The summed E-state index contributed by atoms with van der Waals surface area (Å²) in [6.45, 7) is 1.89. The monoisotopic (exact) mass is 315 g/mol. The lowest BCUT2D eigenvalue weighted by Gasteiger charge is -2.17. The lowest BCUT2D eigenvalue weighted by atomic mass is 10.0. The minimum Gasteiger partial charge on any atom is -0.481 e. The number of carboxylic acid groups (broad SMARTS) is 1.